The minimum absolute atomic E-state index is 0. The molecule has 0 aromatic heterocycles. The Kier molecular flexibility index (Phi) is 16.4. The second-order valence-corrected chi connectivity index (χ2v) is 11.0. The topological polar surface area (TPSA) is 224 Å². The Balaban J connectivity index is -0.0000000655. The van der Waals surface area contributed by atoms with Gasteiger partial charge in [-0.2, -0.15) is 0 Å². The molecule has 0 radical (unpaired) electrons. The SMILES string of the molecule is [AsH3].[O]=[W](=[O])([OH])[OH].[O]=[W](=[O])([OH])[OH].[O]=[W](=[O])([OH])[OH]. The Labute approximate surface area is 110 Å². The fourth-order valence-electron chi connectivity index (χ4n) is 0. The first-order valence-electron chi connectivity index (χ1n) is 2.10. The van der Waals surface area contributed by atoms with Crippen molar-refractivity contribution in [3.8, 4) is 0 Å². The van der Waals surface area contributed by atoms with Gasteiger partial charge in [0.2, 0.25) is 0 Å². The molecule has 0 aromatic carbocycles. The van der Waals surface area contributed by atoms with Crippen molar-refractivity contribution < 1.29 is 93.2 Å². The van der Waals surface area contributed by atoms with Crippen LogP contribution in [0.3, 0.4) is 0 Å². The van der Waals surface area contributed by atoms with E-state index in [0.717, 1.165) is 0 Å². The van der Waals surface area contributed by atoms with Crippen molar-refractivity contribution in [1.29, 1.82) is 0 Å². The van der Waals surface area contributed by atoms with Gasteiger partial charge >= 0.3 is 111 Å². The molecule has 6 N–H and O–H groups in total. The van der Waals surface area contributed by atoms with Crippen LogP contribution in [0.25, 0.3) is 0 Å². The Hall–Kier alpha value is 1.18. The van der Waals surface area contributed by atoms with E-state index < -0.39 is 50.2 Å². The summed E-state index contributed by atoms with van der Waals surface area (Å²) in [7, 11) is 0. The number of rotatable bonds is 0. The fraction of sp³-hybridized carbons (Fsp3) is 0. The monoisotopic (exact) mass is 828 g/mol. The van der Waals surface area contributed by atoms with Crippen LogP contribution >= 0.6 is 0 Å². The summed E-state index contributed by atoms with van der Waals surface area (Å²) in [5, 5.41) is 0. The molecule has 0 rings (SSSR count). The summed E-state index contributed by atoms with van der Waals surface area (Å²) in [6.45, 7) is 0. The van der Waals surface area contributed by atoms with Gasteiger partial charge in [-0.05, 0) is 0 Å². The van der Waals surface area contributed by atoms with Crippen LogP contribution in [0.1, 0.15) is 0 Å². The van der Waals surface area contributed by atoms with Gasteiger partial charge in [-0.3, -0.25) is 0 Å². The predicted molar refractivity (Wildman–Crippen MR) is 27.4 cm³/mol. The van der Waals surface area contributed by atoms with Crippen molar-refractivity contribution in [2.75, 3.05) is 0 Å². The predicted octanol–water partition coefficient (Wildman–Crippen LogP) is -5.25. The minimum atomic E-state index is -5.67. The molecule has 0 spiro atoms. The van der Waals surface area contributed by atoms with E-state index in [-0.39, 0.29) is 18.0 Å². The molecule has 0 heterocycles. The molecule has 0 aromatic rings. The first-order valence-corrected chi connectivity index (χ1v) is 17.2. The zero-order valence-corrected chi connectivity index (χ0v) is 18.8. The van der Waals surface area contributed by atoms with E-state index in [9.17, 15) is 0 Å². The Bertz CT molecular complexity index is 337. The quantitative estimate of drug-likeness (QED) is 0.126. The van der Waals surface area contributed by atoms with E-state index in [0.29, 0.717) is 0 Å². The second-order valence-electron chi connectivity index (χ2n) is 1.34. The van der Waals surface area contributed by atoms with Crippen molar-refractivity contribution in [1.82, 2.24) is 0 Å². The van der Waals surface area contributed by atoms with Crippen molar-refractivity contribution in [3.05, 3.63) is 0 Å². The van der Waals surface area contributed by atoms with Crippen LogP contribution in [0.5, 0.6) is 0 Å². The number of hydrogen-bond acceptors (Lipinski definition) is 6. The van der Waals surface area contributed by atoms with E-state index >= 15 is 0 Å². The molecule has 0 aliphatic carbocycles. The fourth-order valence-corrected chi connectivity index (χ4v) is 0. The molecule has 0 amide bonds. The summed E-state index contributed by atoms with van der Waals surface area (Å²) < 4.78 is 96.3. The van der Waals surface area contributed by atoms with Gasteiger partial charge in [0.05, 0.1) is 0 Å². The Morgan fingerprint density at radius 2 is 0.438 bits per heavy atom. The summed E-state index contributed by atoms with van der Waals surface area (Å²) in [5.41, 5.74) is 0. The zero-order valence-electron chi connectivity index (χ0n) is 7.06. The molecule has 16 heteroatoms. The first-order chi connectivity index (χ1) is 6.00. The molecule has 0 bridgehead atoms. The van der Waals surface area contributed by atoms with Crippen LogP contribution in [0.2, 0.25) is 0 Å². The van der Waals surface area contributed by atoms with Gasteiger partial charge in [-0.25, -0.2) is 0 Å². The molecule has 1 atom stereocenters. The van der Waals surface area contributed by atoms with Crippen molar-refractivity contribution in [2.24, 2.45) is 0 Å². The molecular weight excluding hydrogens is 818 g/mol. The first kappa shape index (κ1) is 25.9. The van der Waals surface area contributed by atoms with E-state index in [2.05, 4.69) is 0 Å². The molecule has 16 heavy (non-hydrogen) atoms. The van der Waals surface area contributed by atoms with Crippen LogP contribution in [0, 0.1) is 0 Å². The van der Waals surface area contributed by atoms with Gasteiger partial charge in [-0.1, -0.05) is 0 Å². The summed E-state index contributed by atoms with van der Waals surface area (Å²) >= 11 is -17.0. The van der Waals surface area contributed by atoms with Crippen molar-refractivity contribution in [3.63, 3.8) is 0 Å². The maximum absolute atomic E-state index is 8.87. The average Bonchev–Trinajstić information content (AvgIpc) is 1.41. The van der Waals surface area contributed by atoms with E-state index in [4.69, 9.17) is 42.9 Å². The maximum atomic E-state index is 8.87. The third kappa shape index (κ3) is 2180. The van der Waals surface area contributed by atoms with Gasteiger partial charge in [0, 0.05) is 0 Å². The molecule has 12 nitrogen and oxygen atoms in total. The van der Waals surface area contributed by atoms with Gasteiger partial charge < -0.3 is 0 Å². The van der Waals surface area contributed by atoms with Crippen molar-refractivity contribution in [2.45, 2.75) is 0 Å². The van der Waals surface area contributed by atoms with Gasteiger partial charge in [0.15, 0.2) is 0 Å². The van der Waals surface area contributed by atoms with Crippen LogP contribution in [-0.2, 0) is 70.6 Å². The van der Waals surface area contributed by atoms with Gasteiger partial charge in [-0.15, -0.1) is 0 Å². The molecule has 1 unspecified atom stereocenters. The summed E-state index contributed by atoms with van der Waals surface area (Å²) in [6.07, 6.45) is 0. The second kappa shape index (κ2) is 10.1. The molecule has 0 saturated heterocycles. The standard InChI is InChI=1S/AsH3.6H2O.6O.3W/h1H3;6*1H2;;;;;;;;;/q;;;;;;;;;;;;;3*+2/p-6. The molecular formula is H9AsO12W3. The number of hydrogen-bond donors (Lipinski definition) is 6. The Morgan fingerprint density at radius 3 is 0.438 bits per heavy atom. The van der Waals surface area contributed by atoms with Crippen LogP contribution in [-0.4, -0.2) is 40.5 Å². The molecule has 104 valence electrons. The third-order valence-electron chi connectivity index (χ3n) is 0. The molecule has 0 aliphatic heterocycles. The summed E-state index contributed by atoms with van der Waals surface area (Å²) in [4.78, 5) is 0. The van der Waals surface area contributed by atoms with Crippen molar-refractivity contribution >= 4 is 18.0 Å². The van der Waals surface area contributed by atoms with Crippen LogP contribution in [0.4, 0.5) is 0 Å². The van der Waals surface area contributed by atoms with E-state index in [1.54, 1.807) is 0 Å². The molecule has 0 aliphatic rings. The summed E-state index contributed by atoms with van der Waals surface area (Å²) in [5.74, 6) is 0. The average molecular weight is 828 g/mol. The molecule has 0 fully saturated rings. The van der Waals surface area contributed by atoms with Crippen LogP contribution < -0.4 is 0 Å². The third-order valence-corrected chi connectivity index (χ3v) is 0. The molecule has 0 saturated carbocycles. The van der Waals surface area contributed by atoms with E-state index in [1.807, 2.05) is 0 Å². The van der Waals surface area contributed by atoms with Crippen LogP contribution in [0.15, 0.2) is 0 Å². The van der Waals surface area contributed by atoms with Gasteiger partial charge in [0.1, 0.15) is 0 Å². The zero-order chi connectivity index (χ0) is 13.5. The van der Waals surface area contributed by atoms with Gasteiger partial charge in [0.25, 0.3) is 0 Å². The normalized spacial score (nSPS) is 10.9. The van der Waals surface area contributed by atoms with E-state index in [1.165, 1.54) is 0 Å². The Morgan fingerprint density at radius 1 is 0.438 bits per heavy atom. The summed E-state index contributed by atoms with van der Waals surface area (Å²) in [6, 6.07) is 0.